The number of rotatable bonds is 17. The van der Waals surface area contributed by atoms with E-state index in [1.165, 1.54) is 23.5 Å². The summed E-state index contributed by atoms with van der Waals surface area (Å²) in [7, 11) is 1.62. The third-order valence-corrected chi connectivity index (χ3v) is 12.5. The summed E-state index contributed by atoms with van der Waals surface area (Å²) in [6.07, 6.45) is 3.42. The number of nitrogens with zero attached hydrogens (tertiary/aromatic N) is 6. The Bertz CT molecular complexity index is 2740. The number of aromatic nitrogens is 6. The maximum absolute atomic E-state index is 14.7. The number of carbonyl (C=O) groups is 2. The lowest BCUT2D eigenvalue weighted by Crippen LogP contribution is -2.39. The second-order valence-electron chi connectivity index (χ2n) is 15.1. The summed E-state index contributed by atoms with van der Waals surface area (Å²) in [6.45, 7) is 6.37. The van der Waals surface area contributed by atoms with Crippen molar-refractivity contribution in [3.05, 3.63) is 163 Å². The highest BCUT2D eigenvalue weighted by atomic mass is 32.2. The van der Waals surface area contributed by atoms with Gasteiger partial charge in [0, 0.05) is 11.4 Å². The quantitative estimate of drug-likeness (QED) is 0.0841. The summed E-state index contributed by atoms with van der Waals surface area (Å²) in [6, 6.07) is 41.9. The molecule has 8 aromatic rings. The molecule has 62 heavy (non-hydrogen) atoms. The van der Waals surface area contributed by atoms with Crippen molar-refractivity contribution >= 4 is 46.7 Å². The summed E-state index contributed by atoms with van der Waals surface area (Å²) < 4.78 is 19.4. The molecule has 0 aliphatic heterocycles. The highest BCUT2D eigenvalue weighted by Crippen LogP contribution is 2.41. The number of nitrogens with one attached hydrogen (secondary N) is 2. The number of anilines is 2. The second kappa shape index (κ2) is 18.4. The van der Waals surface area contributed by atoms with Gasteiger partial charge in [0.15, 0.2) is 21.8 Å². The standard InChI is InChI=1S/C47H44N8O5S2/c1-46(2,42(56)48-35-18-10-6-11-19-35)61-44-52-50-41(39-23-15-27-60-39)55(44)31-33-24-25-37(58-4)34(28-33)29-47(3,43(57)49-36-20-12-7-13-21-36)62-45-53-51-40(38-22-14-26-59-38)54(45)30-32-16-8-5-9-17-32/h5-28H,29-31H2,1-4H3,(H,48,56)(H,49,57). The molecule has 4 aromatic heterocycles. The molecule has 0 aliphatic rings. The van der Waals surface area contributed by atoms with Crippen LogP contribution >= 0.6 is 23.5 Å². The zero-order valence-corrected chi connectivity index (χ0v) is 36.2. The minimum absolute atomic E-state index is 0.184. The van der Waals surface area contributed by atoms with Gasteiger partial charge in [-0.05, 0) is 98.5 Å². The first-order valence-electron chi connectivity index (χ1n) is 19.8. The molecule has 2 amide bonds. The maximum atomic E-state index is 14.7. The predicted molar refractivity (Wildman–Crippen MR) is 241 cm³/mol. The lowest BCUT2D eigenvalue weighted by Gasteiger charge is -2.28. The van der Waals surface area contributed by atoms with E-state index in [4.69, 9.17) is 13.6 Å². The van der Waals surface area contributed by atoms with E-state index < -0.39 is 9.49 Å². The summed E-state index contributed by atoms with van der Waals surface area (Å²) in [5.41, 5.74) is 4.06. The Kier molecular flexibility index (Phi) is 12.4. The fraction of sp³-hybridized carbons (Fsp3) is 0.191. The maximum Gasteiger partial charge on any atom is 0.241 e. The fourth-order valence-electron chi connectivity index (χ4n) is 6.80. The summed E-state index contributed by atoms with van der Waals surface area (Å²) >= 11 is 2.62. The van der Waals surface area contributed by atoms with Gasteiger partial charge >= 0.3 is 0 Å². The smallest absolute Gasteiger partial charge is 0.241 e. The van der Waals surface area contributed by atoms with Crippen LogP contribution in [-0.2, 0) is 29.1 Å². The zero-order valence-electron chi connectivity index (χ0n) is 34.5. The Hall–Kier alpha value is -6.84. The third-order valence-electron chi connectivity index (χ3n) is 10.1. The number of ether oxygens (including phenoxy) is 1. The third kappa shape index (κ3) is 9.54. The van der Waals surface area contributed by atoms with Crippen LogP contribution in [0.5, 0.6) is 5.75 Å². The van der Waals surface area contributed by atoms with Gasteiger partial charge in [0.05, 0.1) is 37.5 Å². The molecule has 4 aromatic carbocycles. The van der Waals surface area contributed by atoms with E-state index in [9.17, 15) is 9.59 Å². The number of benzene rings is 4. The van der Waals surface area contributed by atoms with Crippen LogP contribution in [0.15, 0.2) is 165 Å². The first kappa shape index (κ1) is 41.9. The van der Waals surface area contributed by atoms with Crippen molar-refractivity contribution in [1.82, 2.24) is 29.5 Å². The Morgan fingerprint density at radius 3 is 1.66 bits per heavy atom. The number of methoxy groups -OCH3 is 1. The van der Waals surface area contributed by atoms with Gasteiger partial charge in [0.25, 0.3) is 0 Å². The zero-order chi connectivity index (χ0) is 43.1. The van der Waals surface area contributed by atoms with Crippen molar-refractivity contribution in [2.24, 2.45) is 0 Å². The van der Waals surface area contributed by atoms with Crippen LogP contribution in [0.2, 0.25) is 0 Å². The molecule has 0 saturated carbocycles. The molecule has 0 radical (unpaired) electrons. The van der Waals surface area contributed by atoms with Gasteiger partial charge < -0.3 is 24.2 Å². The van der Waals surface area contributed by atoms with Crippen LogP contribution in [0, 0.1) is 0 Å². The van der Waals surface area contributed by atoms with E-state index in [1.807, 2.05) is 157 Å². The van der Waals surface area contributed by atoms with E-state index in [1.54, 1.807) is 25.7 Å². The van der Waals surface area contributed by atoms with Gasteiger partial charge in [-0.15, -0.1) is 20.4 Å². The van der Waals surface area contributed by atoms with Gasteiger partial charge in [-0.1, -0.05) is 102 Å². The minimum Gasteiger partial charge on any atom is -0.496 e. The predicted octanol–water partition coefficient (Wildman–Crippen LogP) is 9.74. The molecule has 314 valence electrons. The molecule has 2 N–H and O–H groups in total. The van der Waals surface area contributed by atoms with Crippen molar-refractivity contribution in [3.63, 3.8) is 0 Å². The van der Waals surface area contributed by atoms with Crippen LogP contribution in [0.3, 0.4) is 0 Å². The highest BCUT2D eigenvalue weighted by molar-refractivity contribution is 8.01. The van der Waals surface area contributed by atoms with Crippen LogP contribution < -0.4 is 15.4 Å². The first-order valence-corrected chi connectivity index (χ1v) is 21.5. The number of hydrogen-bond acceptors (Lipinski definition) is 11. The van der Waals surface area contributed by atoms with Crippen molar-refractivity contribution in [3.8, 4) is 28.9 Å². The molecule has 8 rings (SSSR count). The van der Waals surface area contributed by atoms with Crippen LogP contribution in [0.1, 0.15) is 37.5 Å². The molecular weight excluding hydrogens is 821 g/mol. The SMILES string of the molecule is COc1ccc(Cn2c(SC(C)(C)C(=O)Nc3ccccc3)nnc2-c2ccco2)cc1CC(C)(Sc1nnc(-c2ccco2)n1Cc1ccccc1)C(=O)Nc1ccccc1. The largest absolute Gasteiger partial charge is 0.496 e. The van der Waals surface area contributed by atoms with Gasteiger partial charge in [-0.25, -0.2) is 0 Å². The molecule has 0 fully saturated rings. The van der Waals surface area contributed by atoms with Crippen molar-refractivity contribution in [2.75, 3.05) is 17.7 Å². The molecule has 1 unspecified atom stereocenters. The van der Waals surface area contributed by atoms with E-state index in [-0.39, 0.29) is 18.2 Å². The molecule has 0 saturated heterocycles. The number of amides is 2. The van der Waals surface area contributed by atoms with E-state index in [0.29, 0.717) is 63.7 Å². The van der Waals surface area contributed by atoms with Crippen LogP contribution in [0.4, 0.5) is 11.4 Å². The molecule has 15 heteroatoms. The lowest BCUT2D eigenvalue weighted by molar-refractivity contribution is -0.118. The number of para-hydroxylation sites is 2. The monoisotopic (exact) mass is 864 g/mol. The van der Waals surface area contributed by atoms with Gasteiger partial charge in [0.1, 0.15) is 10.5 Å². The number of furan rings is 2. The Morgan fingerprint density at radius 1 is 0.613 bits per heavy atom. The van der Waals surface area contributed by atoms with Gasteiger partial charge in [-0.3, -0.25) is 18.7 Å². The van der Waals surface area contributed by atoms with Crippen LogP contribution in [-0.4, -0.2) is 57.9 Å². The Balaban J connectivity index is 1.14. The molecule has 1 atom stereocenters. The number of carbonyl (C=O) groups excluding carboxylic acids is 2. The molecule has 4 heterocycles. The molecule has 0 spiro atoms. The minimum atomic E-state index is -1.16. The van der Waals surface area contributed by atoms with E-state index in [2.05, 4.69) is 31.0 Å². The lowest BCUT2D eigenvalue weighted by atomic mass is 9.96. The van der Waals surface area contributed by atoms with E-state index in [0.717, 1.165) is 16.7 Å². The summed E-state index contributed by atoms with van der Waals surface area (Å²) in [5, 5.41) is 25.5. The van der Waals surface area contributed by atoms with Crippen molar-refractivity contribution < 1.29 is 23.2 Å². The highest BCUT2D eigenvalue weighted by Gasteiger charge is 2.39. The van der Waals surface area contributed by atoms with Gasteiger partial charge in [0.2, 0.25) is 23.5 Å². The second-order valence-corrected chi connectivity index (χ2v) is 18.2. The van der Waals surface area contributed by atoms with Crippen molar-refractivity contribution in [1.29, 1.82) is 0 Å². The molecular formula is C47H44N8O5S2. The van der Waals surface area contributed by atoms with Crippen molar-refractivity contribution in [2.45, 2.75) is 60.1 Å². The van der Waals surface area contributed by atoms with Crippen LogP contribution in [0.25, 0.3) is 23.2 Å². The van der Waals surface area contributed by atoms with E-state index >= 15 is 0 Å². The average molecular weight is 865 g/mol. The Morgan fingerprint density at radius 2 is 1.13 bits per heavy atom. The molecule has 0 aliphatic carbocycles. The topological polar surface area (TPSA) is 155 Å². The molecule has 13 nitrogen and oxygen atoms in total. The number of thioether (sulfide) groups is 2. The fourth-order valence-corrected chi connectivity index (χ4v) is 8.86. The summed E-state index contributed by atoms with van der Waals surface area (Å²) in [4.78, 5) is 28.3. The normalized spacial score (nSPS) is 12.5. The van der Waals surface area contributed by atoms with Gasteiger partial charge in [-0.2, -0.15) is 0 Å². The Labute approximate surface area is 367 Å². The average Bonchev–Trinajstić information content (AvgIpc) is 4.12. The molecule has 0 bridgehead atoms. The first-order chi connectivity index (χ1) is 30.1. The summed E-state index contributed by atoms with van der Waals surface area (Å²) in [5.74, 6) is 2.33. The number of hydrogen-bond donors (Lipinski definition) is 2.